The number of aldehydes is 1. The van der Waals surface area contributed by atoms with Gasteiger partial charge in [0.2, 0.25) is 0 Å². The van der Waals surface area contributed by atoms with Crippen molar-refractivity contribution in [1.29, 1.82) is 0 Å². The summed E-state index contributed by atoms with van der Waals surface area (Å²) in [6.45, 7) is 67.9. The molecule has 0 aliphatic carbocycles. The van der Waals surface area contributed by atoms with Gasteiger partial charge in [0.1, 0.15) is 6.29 Å². The number of benzene rings is 5. The molecular weight excluding hydrogens is 1870 g/mol. The molecule has 3 fully saturated rings. The maximum absolute atomic E-state index is 10.0. The molecule has 0 unspecified atom stereocenters. The van der Waals surface area contributed by atoms with Gasteiger partial charge < -0.3 is 44.8 Å². The summed E-state index contributed by atoms with van der Waals surface area (Å²) in [4.78, 5) is 14.3. The minimum Gasteiger partial charge on any atom is -0.363 e. The van der Waals surface area contributed by atoms with Crippen molar-refractivity contribution in [2.75, 3.05) is 9.80 Å². The van der Waals surface area contributed by atoms with Gasteiger partial charge in [-0.05, 0) is 67.2 Å². The quantitative estimate of drug-likeness (QED) is 0.144. The molecule has 0 aromatic heterocycles. The summed E-state index contributed by atoms with van der Waals surface area (Å²) < 4.78 is 0. The molecule has 3 saturated heterocycles. The molecule has 5 aromatic carbocycles. The monoisotopic (exact) mass is 1990 g/mol. The van der Waals surface area contributed by atoms with E-state index in [9.17, 15) is 4.79 Å². The van der Waals surface area contributed by atoms with Crippen LogP contribution in [0, 0.1) is 35.8 Å². The molecule has 0 saturated carbocycles. The van der Waals surface area contributed by atoms with E-state index in [1.54, 1.807) is 12.1 Å². The third-order valence-corrected chi connectivity index (χ3v) is 8.48. The fourth-order valence-corrected chi connectivity index (χ4v) is 5.76. The molecule has 0 bridgehead atoms. The number of carbonyl (C=O) groups excluding carboxylic acids is 1. The van der Waals surface area contributed by atoms with Gasteiger partial charge in [-0.1, -0.05) is 289 Å². The van der Waals surface area contributed by atoms with Crippen molar-refractivity contribution in [2.45, 2.75) is 184 Å². The molecule has 8 rings (SSSR count). The molecule has 3 aliphatic heterocycles. The van der Waals surface area contributed by atoms with Crippen LogP contribution in [0.5, 0.6) is 0 Å². The number of nitrogens with one attached hydrogen (secondary N) is 1. The number of nitrogens with zero attached hydrogens (tertiary/aromatic N) is 2. The minimum absolute atomic E-state index is 0. The third-order valence-electron chi connectivity index (χ3n) is 8.48. The second-order valence-corrected chi connectivity index (χ2v) is 12.7. The maximum Gasteiger partial charge on any atom is 0.150 e. The van der Waals surface area contributed by atoms with Crippen LogP contribution in [0.25, 0.3) is 6.08 Å². The van der Waals surface area contributed by atoms with Crippen LogP contribution < -0.4 is 15.1 Å². The first-order valence-corrected chi connectivity index (χ1v) is 29.0. The Morgan fingerprint density at radius 3 is 0.843 bits per heavy atom. The Bertz CT molecular complexity index is 2010. The Balaban J connectivity index is -0.0000000317. The van der Waals surface area contributed by atoms with Gasteiger partial charge in [0.25, 0.3) is 0 Å². The molecule has 0 spiro atoms. The topological polar surface area (TPSA) is 35.6 Å². The van der Waals surface area contributed by atoms with Crippen LogP contribution in [0.3, 0.4) is 0 Å². The molecular formula is C76H128N3OWY8-5. The molecule has 0 atom stereocenters. The van der Waals surface area contributed by atoms with Gasteiger partial charge in [-0.2, -0.15) is 36.4 Å². The number of carbonyl (C=O) groups is 1. The molecule has 0 amide bonds. The fourth-order valence-electron chi connectivity index (χ4n) is 5.76. The Morgan fingerprint density at radius 1 is 0.360 bits per heavy atom. The van der Waals surface area contributed by atoms with E-state index in [1.165, 1.54) is 16.8 Å². The Kier molecular flexibility index (Phi) is 216. The molecule has 4 nitrogen and oxygen atoms in total. The van der Waals surface area contributed by atoms with Gasteiger partial charge in [0, 0.05) is 340 Å². The van der Waals surface area contributed by atoms with E-state index in [2.05, 4.69) is 103 Å². The Hall–Kier alpha value is 2.87. The van der Waals surface area contributed by atoms with E-state index < -0.39 is 0 Å². The number of hydrogen-bond acceptors (Lipinski definition) is 4. The van der Waals surface area contributed by atoms with E-state index in [1.807, 2.05) is 255 Å². The van der Waals surface area contributed by atoms with Gasteiger partial charge in [-0.3, -0.25) is 4.79 Å². The second kappa shape index (κ2) is 127. The zero-order valence-corrected chi connectivity index (χ0v) is 87.8. The standard InChI is InChI=1S/C19H17N.C12H13N.C7H6O.C6H9N.C6H5.11C2H6.4CH3.W.8Y/c1-15-13-18(14-17-9-5-3-6-10-17)16(2)20(15)19-11-7-4-8-12-19;1-10-8-9-11(2)13(10)12-6-4-3-5-7-12;8-6-7-4-2-1-3-5-7;1-5-3-4-6(2)7-5;1-2-4-6-5-3-1;11*1-2;;;;;;;;;;;;;/h3-12,14H,1-2,13H2;3-7H,1-2,8-9H2;1-6H;7H,1-4H2;1-5H;11*1-2H3;4*1H3;;;;;;;;;/q;;;;-1;;;;;;;;;;;;4*-1;;;;;;;;;. The minimum atomic E-state index is 0. The van der Waals surface area contributed by atoms with Crippen LogP contribution in [-0.2, 0) is 283 Å². The zero-order chi connectivity index (χ0) is 60.5. The van der Waals surface area contributed by atoms with Gasteiger partial charge in [0.15, 0.2) is 0 Å². The molecule has 8 radical (unpaired) electrons. The SMILES string of the molecule is C=C1CC(=Cc2ccccc2)C(=C)N1c1ccccc1.C=C1CCC(=C)N1.C=C1CCC(=C)N1c1ccccc1.CC.CC.CC.CC.CC.CC.CC.CC.CC.CC.CC.O=Cc1ccccc1.[CH3-].[CH3-].[CH3-].[CH3-].[W].[Y].[Y].[Y].[Y].[Y].[Y].[Y].[Y].[c-]1ccccc1. The average Bonchev–Trinajstić information content (AvgIpc) is 4.19. The summed E-state index contributed by atoms with van der Waals surface area (Å²) in [6, 6.07) is 52.5. The second-order valence-electron chi connectivity index (χ2n) is 12.7. The van der Waals surface area contributed by atoms with E-state index in [0.29, 0.717) is 0 Å². The van der Waals surface area contributed by atoms with E-state index in [0.717, 1.165) is 83.8 Å². The average molecular weight is 1990 g/mol. The van der Waals surface area contributed by atoms with Crippen LogP contribution in [0.15, 0.2) is 231 Å². The molecule has 5 aromatic rings. The number of hydrogen-bond donors (Lipinski definition) is 1. The van der Waals surface area contributed by atoms with Gasteiger partial charge in [-0.15, -0.1) is 0 Å². The largest absolute Gasteiger partial charge is 0.363 e. The number of rotatable bonds is 4. The summed E-state index contributed by atoms with van der Waals surface area (Å²) in [7, 11) is 0. The first-order valence-electron chi connectivity index (χ1n) is 29.0. The summed E-state index contributed by atoms with van der Waals surface area (Å²) in [6.07, 6.45) is 8.08. The van der Waals surface area contributed by atoms with Crippen LogP contribution in [0.1, 0.15) is 200 Å². The zero-order valence-electron chi connectivity index (χ0n) is 62.2. The molecule has 89 heavy (non-hydrogen) atoms. The first kappa shape index (κ1) is 151. The van der Waals surface area contributed by atoms with Crippen molar-refractivity contribution >= 4 is 23.7 Å². The number of para-hydroxylation sites is 2. The third kappa shape index (κ3) is 83.2. The summed E-state index contributed by atoms with van der Waals surface area (Å²) >= 11 is 0. The summed E-state index contributed by atoms with van der Waals surface area (Å²) in [5, 5.41) is 3.03. The normalized spacial score (nSPS) is 9.89. The van der Waals surface area contributed by atoms with Crippen molar-refractivity contribution in [3.63, 3.8) is 0 Å². The summed E-state index contributed by atoms with van der Waals surface area (Å²) in [5.74, 6) is 0. The smallest absolute Gasteiger partial charge is 0.150 e. The molecule has 13 heteroatoms. The number of allylic oxidation sites excluding steroid dienone is 6. The predicted octanol–water partition coefficient (Wildman–Crippen LogP) is 25.8. The van der Waals surface area contributed by atoms with Crippen LogP contribution in [0.4, 0.5) is 11.4 Å². The fraction of sp³-hybridized carbons (Fsp3) is 0.355. The molecule has 488 valence electrons. The van der Waals surface area contributed by atoms with E-state index in [-0.39, 0.29) is 312 Å². The predicted molar refractivity (Wildman–Crippen MR) is 381 cm³/mol. The van der Waals surface area contributed by atoms with Crippen molar-refractivity contribution in [3.8, 4) is 0 Å². The van der Waals surface area contributed by atoms with Crippen molar-refractivity contribution in [2.24, 2.45) is 0 Å². The Morgan fingerprint density at radius 2 is 0.618 bits per heavy atom. The first-order chi connectivity index (χ1) is 37.3. The molecule has 3 heterocycles. The van der Waals surface area contributed by atoms with Crippen LogP contribution in [0.2, 0.25) is 0 Å². The van der Waals surface area contributed by atoms with Gasteiger partial charge >= 0.3 is 0 Å². The van der Waals surface area contributed by atoms with Gasteiger partial charge in [-0.25, -0.2) is 0 Å². The van der Waals surface area contributed by atoms with E-state index >= 15 is 0 Å². The van der Waals surface area contributed by atoms with Crippen LogP contribution in [-0.4, -0.2) is 6.29 Å². The van der Waals surface area contributed by atoms with Gasteiger partial charge in [0.05, 0.1) is 0 Å². The van der Waals surface area contributed by atoms with E-state index in [4.69, 9.17) is 0 Å². The van der Waals surface area contributed by atoms with Crippen molar-refractivity contribution in [3.05, 3.63) is 278 Å². The number of anilines is 2. The van der Waals surface area contributed by atoms with Crippen LogP contribution >= 0.6 is 0 Å². The maximum atomic E-state index is 10.0. The van der Waals surface area contributed by atoms with Crippen molar-refractivity contribution in [1.82, 2.24) is 5.32 Å². The molecule has 1 N–H and O–H groups in total. The Labute approximate surface area is 774 Å². The van der Waals surface area contributed by atoms with Crippen molar-refractivity contribution < 1.29 is 288 Å². The summed E-state index contributed by atoms with van der Waals surface area (Å²) in [5.41, 5.74) is 12.0. The molecule has 3 aliphatic rings.